The first-order valence-corrected chi connectivity index (χ1v) is 7.49. The fourth-order valence-corrected chi connectivity index (χ4v) is 3.24. The Morgan fingerprint density at radius 1 is 1.50 bits per heavy atom. The van der Waals surface area contributed by atoms with Gasteiger partial charge in [0.05, 0.1) is 6.07 Å². The summed E-state index contributed by atoms with van der Waals surface area (Å²) in [4.78, 5) is -0.408. The molecule has 0 saturated carbocycles. The maximum Gasteiger partial charge on any atom is 0.246 e. The van der Waals surface area contributed by atoms with Crippen LogP contribution in [0.25, 0.3) is 0 Å². The van der Waals surface area contributed by atoms with E-state index in [2.05, 4.69) is 15.9 Å². The summed E-state index contributed by atoms with van der Waals surface area (Å²) < 4.78 is 39.4. The first-order valence-electron chi connectivity index (χ1n) is 5.25. The van der Waals surface area contributed by atoms with Crippen LogP contribution >= 0.6 is 15.9 Å². The van der Waals surface area contributed by atoms with Crippen LogP contribution in [-0.4, -0.2) is 25.8 Å². The van der Waals surface area contributed by atoms with Gasteiger partial charge < -0.3 is 0 Å². The van der Waals surface area contributed by atoms with Crippen molar-refractivity contribution in [1.29, 1.82) is 5.26 Å². The minimum Gasteiger partial charge on any atom is -0.207 e. The van der Waals surface area contributed by atoms with Crippen LogP contribution in [0.3, 0.4) is 0 Å². The van der Waals surface area contributed by atoms with Gasteiger partial charge in [0.1, 0.15) is 17.3 Å². The van der Waals surface area contributed by atoms with Gasteiger partial charge in [-0.25, -0.2) is 12.8 Å². The van der Waals surface area contributed by atoms with E-state index in [-0.39, 0.29) is 13.1 Å². The van der Waals surface area contributed by atoms with Crippen molar-refractivity contribution in [3.8, 4) is 6.07 Å². The normalized spacial score (nSPS) is 11.5. The molecule has 4 nitrogen and oxygen atoms in total. The first kappa shape index (κ1) is 15.1. The van der Waals surface area contributed by atoms with Gasteiger partial charge in [-0.1, -0.05) is 22.9 Å². The molecule has 0 fully saturated rings. The van der Waals surface area contributed by atoms with E-state index in [1.54, 1.807) is 13.0 Å². The molecule has 0 bridgehead atoms. The molecule has 0 saturated heterocycles. The van der Waals surface area contributed by atoms with E-state index in [4.69, 9.17) is 5.26 Å². The molecule has 1 aromatic rings. The third-order valence-corrected chi connectivity index (χ3v) is 4.60. The topological polar surface area (TPSA) is 61.2 Å². The molecule has 0 heterocycles. The Bertz CT molecular complexity index is 569. The molecule has 0 spiro atoms. The molecule has 0 unspecified atom stereocenters. The standard InChI is InChI=1S/C11H12BrFN2O2S/c1-2-6-15(7-5-14)18(16,17)11-4-3-9(12)8-10(11)13/h3-4,8H,2,6-7H2,1H3. The Balaban J connectivity index is 3.22. The Kier molecular flexibility index (Phi) is 5.26. The van der Waals surface area contributed by atoms with E-state index in [0.717, 1.165) is 10.4 Å². The summed E-state index contributed by atoms with van der Waals surface area (Å²) >= 11 is 3.06. The number of hydrogen-bond donors (Lipinski definition) is 0. The lowest BCUT2D eigenvalue weighted by Gasteiger charge is -2.18. The van der Waals surface area contributed by atoms with Gasteiger partial charge in [0.2, 0.25) is 10.0 Å². The van der Waals surface area contributed by atoms with Crippen molar-refractivity contribution in [2.45, 2.75) is 18.2 Å². The molecular formula is C11H12BrFN2O2S. The molecule has 0 aromatic heterocycles. The molecule has 7 heteroatoms. The molecule has 98 valence electrons. The predicted octanol–water partition coefficient (Wildman–Crippen LogP) is 2.51. The van der Waals surface area contributed by atoms with Gasteiger partial charge in [-0.3, -0.25) is 0 Å². The van der Waals surface area contributed by atoms with Crippen LogP contribution in [0.15, 0.2) is 27.6 Å². The predicted molar refractivity (Wildman–Crippen MR) is 68.8 cm³/mol. The number of rotatable bonds is 5. The fourth-order valence-electron chi connectivity index (χ4n) is 1.44. The maximum absolute atomic E-state index is 13.7. The van der Waals surface area contributed by atoms with Gasteiger partial charge in [-0.2, -0.15) is 9.57 Å². The van der Waals surface area contributed by atoms with Gasteiger partial charge in [-0.15, -0.1) is 0 Å². The number of halogens is 2. The van der Waals surface area contributed by atoms with Crippen LogP contribution in [0, 0.1) is 17.1 Å². The van der Waals surface area contributed by atoms with E-state index in [1.165, 1.54) is 12.1 Å². The highest BCUT2D eigenvalue weighted by molar-refractivity contribution is 9.10. The van der Waals surface area contributed by atoms with Gasteiger partial charge in [0, 0.05) is 11.0 Å². The van der Waals surface area contributed by atoms with E-state index in [9.17, 15) is 12.8 Å². The van der Waals surface area contributed by atoms with E-state index >= 15 is 0 Å². The molecule has 0 amide bonds. The zero-order valence-electron chi connectivity index (χ0n) is 9.73. The Morgan fingerprint density at radius 2 is 2.17 bits per heavy atom. The summed E-state index contributed by atoms with van der Waals surface area (Å²) in [6.45, 7) is 1.69. The van der Waals surface area contributed by atoms with Crippen molar-refractivity contribution in [2.24, 2.45) is 0 Å². The van der Waals surface area contributed by atoms with Gasteiger partial charge in [0.15, 0.2) is 0 Å². The number of nitrogens with zero attached hydrogens (tertiary/aromatic N) is 2. The van der Waals surface area contributed by atoms with Crippen LogP contribution < -0.4 is 0 Å². The minimum atomic E-state index is -3.96. The lowest BCUT2D eigenvalue weighted by Crippen LogP contribution is -2.32. The zero-order chi connectivity index (χ0) is 13.8. The van der Waals surface area contributed by atoms with Crippen molar-refractivity contribution < 1.29 is 12.8 Å². The Morgan fingerprint density at radius 3 is 2.67 bits per heavy atom. The average Bonchev–Trinajstić information content (AvgIpc) is 2.28. The summed E-state index contributed by atoms with van der Waals surface area (Å²) in [5, 5.41) is 8.63. The SMILES string of the molecule is CCCN(CC#N)S(=O)(=O)c1ccc(Br)cc1F. The lowest BCUT2D eigenvalue weighted by atomic mass is 10.3. The second kappa shape index (κ2) is 6.27. The monoisotopic (exact) mass is 334 g/mol. The van der Waals surface area contributed by atoms with Crippen LogP contribution in [0.4, 0.5) is 4.39 Å². The molecular weight excluding hydrogens is 323 g/mol. The molecule has 0 radical (unpaired) electrons. The highest BCUT2D eigenvalue weighted by Gasteiger charge is 2.26. The largest absolute Gasteiger partial charge is 0.246 e. The molecule has 18 heavy (non-hydrogen) atoms. The summed E-state index contributed by atoms with van der Waals surface area (Å²) in [7, 11) is -3.96. The van der Waals surface area contributed by atoms with E-state index in [0.29, 0.717) is 10.9 Å². The Labute approximate surface area is 114 Å². The quantitative estimate of drug-likeness (QED) is 0.777. The van der Waals surface area contributed by atoms with Crippen LogP contribution in [-0.2, 0) is 10.0 Å². The van der Waals surface area contributed by atoms with Crippen LogP contribution in [0.1, 0.15) is 13.3 Å². The average molecular weight is 335 g/mol. The van der Waals surface area contributed by atoms with Crippen molar-refractivity contribution in [1.82, 2.24) is 4.31 Å². The zero-order valence-corrected chi connectivity index (χ0v) is 12.1. The second-order valence-corrected chi connectivity index (χ2v) is 6.39. The second-order valence-electron chi connectivity index (χ2n) is 3.57. The van der Waals surface area contributed by atoms with Crippen LogP contribution in [0.5, 0.6) is 0 Å². The van der Waals surface area contributed by atoms with Crippen molar-refractivity contribution in [3.05, 3.63) is 28.5 Å². The number of hydrogen-bond acceptors (Lipinski definition) is 3. The fraction of sp³-hybridized carbons (Fsp3) is 0.364. The number of benzene rings is 1. The number of nitriles is 1. The van der Waals surface area contributed by atoms with E-state index in [1.807, 2.05) is 0 Å². The van der Waals surface area contributed by atoms with E-state index < -0.39 is 20.7 Å². The first-order chi connectivity index (χ1) is 8.43. The summed E-state index contributed by atoms with van der Waals surface area (Å²) in [5.74, 6) is -0.830. The summed E-state index contributed by atoms with van der Waals surface area (Å²) in [6.07, 6.45) is 0.555. The van der Waals surface area contributed by atoms with Gasteiger partial charge in [0.25, 0.3) is 0 Å². The molecule has 0 aliphatic rings. The Hall–Kier alpha value is -0.970. The van der Waals surface area contributed by atoms with Crippen LogP contribution in [0.2, 0.25) is 0 Å². The minimum absolute atomic E-state index is 0.186. The third-order valence-electron chi connectivity index (χ3n) is 2.23. The molecule has 0 aliphatic carbocycles. The molecule has 0 atom stereocenters. The smallest absolute Gasteiger partial charge is 0.207 e. The highest BCUT2D eigenvalue weighted by atomic mass is 79.9. The van der Waals surface area contributed by atoms with Gasteiger partial charge in [-0.05, 0) is 24.6 Å². The van der Waals surface area contributed by atoms with Crippen molar-refractivity contribution >= 4 is 26.0 Å². The molecule has 1 rings (SSSR count). The van der Waals surface area contributed by atoms with Gasteiger partial charge >= 0.3 is 0 Å². The highest BCUT2D eigenvalue weighted by Crippen LogP contribution is 2.22. The maximum atomic E-state index is 13.7. The number of sulfonamides is 1. The lowest BCUT2D eigenvalue weighted by molar-refractivity contribution is 0.439. The molecule has 0 aliphatic heterocycles. The van der Waals surface area contributed by atoms with Crippen molar-refractivity contribution in [3.63, 3.8) is 0 Å². The summed E-state index contributed by atoms with van der Waals surface area (Å²) in [6, 6.07) is 5.50. The van der Waals surface area contributed by atoms with Crippen molar-refractivity contribution in [2.75, 3.05) is 13.1 Å². The summed E-state index contributed by atoms with van der Waals surface area (Å²) in [5.41, 5.74) is 0. The third kappa shape index (κ3) is 3.28. The molecule has 1 aromatic carbocycles. The molecule has 0 N–H and O–H groups in total.